The molecule has 0 unspecified atom stereocenters. The summed E-state index contributed by atoms with van der Waals surface area (Å²) in [5, 5.41) is 10.6. The fourth-order valence-corrected chi connectivity index (χ4v) is 2.80. The summed E-state index contributed by atoms with van der Waals surface area (Å²) in [6.45, 7) is 0. The Hall–Kier alpha value is -4.26. The predicted molar refractivity (Wildman–Crippen MR) is 108 cm³/mol. The van der Waals surface area contributed by atoms with Crippen LogP contribution in [0.15, 0.2) is 89.8 Å². The molecule has 2 N–H and O–H groups in total. The first-order valence-corrected chi connectivity index (χ1v) is 8.82. The van der Waals surface area contributed by atoms with Crippen molar-refractivity contribution < 1.29 is 14.7 Å². The summed E-state index contributed by atoms with van der Waals surface area (Å²) in [7, 11) is 0. The monoisotopic (exact) mass is 384 g/mol. The van der Waals surface area contributed by atoms with Gasteiger partial charge in [0.2, 0.25) is 0 Å². The number of benzene rings is 2. The molecule has 0 aliphatic carbocycles. The average Bonchev–Trinajstić information content (AvgIpc) is 2.77. The molecule has 29 heavy (non-hydrogen) atoms. The normalized spacial score (nSPS) is 15.0. The van der Waals surface area contributed by atoms with E-state index in [-0.39, 0.29) is 11.4 Å². The van der Waals surface area contributed by atoms with Gasteiger partial charge in [0.05, 0.1) is 0 Å². The van der Waals surface area contributed by atoms with E-state index < -0.39 is 11.8 Å². The minimum absolute atomic E-state index is 0.128. The number of nitrogens with one attached hydrogen (secondary N) is 1. The van der Waals surface area contributed by atoms with E-state index >= 15 is 0 Å². The molecule has 2 heterocycles. The van der Waals surface area contributed by atoms with Gasteiger partial charge in [-0.05, 0) is 35.9 Å². The highest BCUT2D eigenvalue weighted by molar-refractivity contribution is 6.17. The van der Waals surface area contributed by atoms with Crippen molar-refractivity contribution >= 4 is 23.7 Å². The van der Waals surface area contributed by atoms with Gasteiger partial charge in [0.15, 0.2) is 5.84 Å². The molecule has 1 aromatic heterocycles. The minimum Gasteiger partial charge on any atom is -0.508 e. The Kier molecular flexibility index (Phi) is 4.86. The van der Waals surface area contributed by atoms with E-state index in [0.29, 0.717) is 22.5 Å². The van der Waals surface area contributed by atoms with Gasteiger partial charge in [-0.25, -0.2) is 4.99 Å². The second-order valence-electron chi connectivity index (χ2n) is 6.24. The molecule has 0 atom stereocenters. The largest absolute Gasteiger partial charge is 0.508 e. The average molecular weight is 384 g/mol. The Morgan fingerprint density at radius 2 is 1.66 bits per heavy atom. The summed E-state index contributed by atoms with van der Waals surface area (Å²) in [5.74, 6) is -0.507. The minimum atomic E-state index is -0.514. The van der Waals surface area contributed by atoms with E-state index in [1.54, 1.807) is 42.5 Å². The zero-order valence-corrected chi connectivity index (χ0v) is 15.2. The molecule has 3 aromatic rings. The first-order chi connectivity index (χ1) is 14.1. The van der Waals surface area contributed by atoms with Crippen LogP contribution in [0.5, 0.6) is 5.75 Å². The van der Waals surface area contributed by atoms with Crippen LogP contribution in [0.4, 0.5) is 0 Å². The molecule has 0 radical (unpaired) electrons. The molecule has 0 bridgehead atoms. The number of rotatable bonds is 3. The van der Waals surface area contributed by atoms with E-state index in [4.69, 9.17) is 0 Å². The van der Waals surface area contributed by atoms with Gasteiger partial charge in [0.1, 0.15) is 11.4 Å². The third-order valence-corrected chi connectivity index (χ3v) is 4.24. The summed E-state index contributed by atoms with van der Waals surface area (Å²) in [6, 6.07) is 18.6. The lowest BCUT2D eigenvalue weighted by molar-refractivity contribution is -0.120. The van der Waals surface area contributed by atoms with Crippen molar-refractivity contribution in [2.75, 3.05) is 0 Å². The predicted octanol–water partition coefficient (Wildman–Crippen LogP) is 2.76. The number of aromatic hydroxyl groups is 1. The Morgan fingerprint density at radius 3 is 2.34 bits per heavy atom. The van der Waals surface area contributed by atoms with Gasteiger partial charge in [0.25, 0.3) is 11.8 Å². The van der Waals surface area contributed by atoms with Gasteiger partial charge in [-0.2, -0.15) is 5.01 Å². The summed E-state index contributed by atoms with van der Waals surface area (Å²) in [5.41, 5.74) is 4.50. The number of amides is 2. The summed E-state index contributed by atoms with van der Waals surface area (Å²) in [6.07, 6.45) is 4.61. The van der Waals surface area contributed by atoms with Crippen LogP contribution in [0, 0.1) is 0 Å². The third-order valence-electron chi connectivity index (χ3n) is 4.24. The van der Waals surface area contributed by atoms with E-state index in [1.165, 1.54) is 24.5 Å². The van der Waals surface area contributed by atoms with Crippen molar-refractivity contribution in [3.8, 4) is 5.75 Å². The topological polar surface area (TPSA) is 94.9 Å². The molecule has 1 aliphatic heterocycles. The van der Waals surface area contributed by atoms with Crippen LogP contribution in [0.25, 0.3) is 6.08 Å². The van der Waals surface area contributed by atoms with Crippen LogP contribution in [-0.4, -0.2) is 32.7 Å². The number of carbonyl (C=O) groups excluding carboxylic acids is 2. The van der Waals surface area contributed by atoms with Crippen LogP contribution in [0.2, 0.25) is 0 Å². The summed E-state index contributed by atoms with van der Waals surface area (Å²) in [4.78, 5) is 34.0. The van der Waals surface area contributed by atoms with E-state index in [9.17, 15) is 14.7 Å². The fourth-order valence-electron chi connectivity index (χ4n) is 2.80. The molecule has 0 saturated carbocycles. The number of hydrogen-bond acceptors (Lipinski definition) is 5. The molecule has 7 heteroatoms. The Balaban J connectivity index is 1.78. The van der Waals surface area contributed by atoms with Crippen molar-refractivity contribution in [3.05, 3.63) is 102 Å². The maximum atomic E-state index is 13.0. The number of phenols is 1. The highest BCUT2D eigenvalue weighted by Crippen LogP contribution is 2.19. The zero-order valence-electron chi connectivity index (χ0n) is 15.2. The highest BCUT2D eigenvalue weighted by Gasteiger charge is 2.30. The first-order valence-electron chi connectivity index (χ1n) is 8.82. The molecular weight excluding hydrogens is 368 g/mol. The number of carbonyl (C=O) groups is 2. The van der Waals surface area contributed by atoms with Gasteiger partial charge >= 0.3 is 0 Å². The van der Waals surface area contributed by atoms with Crippen molar-refractivity contribution in [1.29, 1.82) is 0 Å². The molecule has 1 aliphatic rings. The van der Waals surface area contributed by atoms with Crippen molar-refractivity contribution in [1.82, 2.24) is 15.4 Å². The SMILES string of the molecule is O=C1NN(C(=O)c2ccncc2)C(c2ccccc2)=N/C1=C/c1ccc(O)cc1. The second-order valence-corrected chi connectivity index (χ2v) is 6.24. The quantitative estimate of drug-likeness (QED) is 0.679. The third kappa shape index (κ3) is 3.89. The van der Waals surface area contributed by atoms with Crippen LogP contribution < -0.4 is 5.43 Å². The number of hydrazine groups is 1. The van der Waals surface area contributed by atoms with Crippen LogP contribution >= 0.6 is 0 Å². The number of amidine groups is 1. The molecule has 2 amide bonds. The Morgan fingerprint density at radius 1 is 0.966 bits per heavy atom. The van der Waals surface area contributed by atoms with Crippen molar-refractivity contribution in [2.24, 2.45) is 4.99 Å². The van der Waals surface area contributed by atoms with Crippen LogP contribution in [0.1, 0.15) is 21.5 Å². The number of pyridine rings is 1. The number of aromatic nitrogens is 1. The smallest absolute Gasteiger partial charge is 0.288 e. The van der Waals surface area contributed by atoms with Gasteiger partial charge in [-0.3, -0.25) is 20.0 Å². The second kappa shape index (κ2) is 7.77. The lowest BCUT2D eigenvalue weighted by Gasteiger charge is -2.28. The Bertz CT molecular complexity index is 1110. The Labute approximate surface area is 166 Å². The number of nitrogens with zero attached hydrogens (tertiary/aromatic N) is 3. The first kappa shape index (κ1) is 18.1. The molecule has 0 saturated heterocycles. The van der Waals surface area contributed by atoms with E-state index in [0.717, 1.165) is 5.01 Å². The van der Waals surface area contributed by atoms with Crippen molar-refractivity contribution in [2.45, 2.75) is 0 Å². The molecule has 142 valence electrons. The molecule has 0 fully saturated rings. The number of hydrogen-bond donors (Lipinski definition) is 2. The standard InChI is InChI=1S/C22H16N4O3/c27-18-8-6-15(7-9-18)14-19-21(28)25-26(22(29)17-10-12-23-13-11-17)20(24-19)16-4-2-1-3-5-16/h1-14,27H,(H,25,28)/b19-14+. The van der Waals surface area contributed by atoms with Crippen molar-refractivity contribution in [3.63, 3.8) is 0 Å². The maximum Gasteiger partial charge on any atom is 0.288 e. The fraction of sp³-hybridized carbons (Fsp3) is 0. The lowest BCUT2D eigenvalue weighted by atomic mass is 10.1. The van der Waals surface area contributed by atoms with Gasteiger partial charge in [-0.15, -0.1) is 0 Å². The van der Waals surface area contributed by atoms with Gasteiger partial charge in [0, 0.05) is 23.5 Å². The summed E-state index contributed by atoms with van der Waals surface area (Å²) < 4.78 is 0. The zero-order chi connectivity index (χ0) is 20.2. The molecule has 2 aromatic carbocycles. The van der Waals surface area contributed by atoms with E-state index in [2.05, 4.69) is 15.4 Å². The summed E-state index contributed by atoms with van der Waals surface area (Å²) >= 11 is 0. The van der Waals surface area contributed by atoms with Gasteiger partial charge in [-0.1, -0.05) is 42.5 Å². The highest BCUT2D eigenvalue weighted by atomic mass is 16.3. The number of phenolic OH excluding ortho intramolecular Hbond substituents is 1. The molecular formula is C22H16N4O3. The maximum absolute atomic E-state index is 13.0. The van der Waals surface area contributed by atoms with Crippen LogP contribution in [0.3, 0.4) is 0 Å². The molecule has 7 nitrogen and oxygen atoms in total. The number of aliphatic imine (C=N–C) groups is 1. The molecule has 0 spiro atoms. The van der Waals surface area contributed by atoms with Gasteiger partial charge < -0.3 is 5.11 Å². The van der Waals surface area contributed by atoms with E-state index in [1.807, 2.05) is 18.2 Å². The van der Waals surface area contributed by atoms with Crippen LogP contribution in [-0.2, 0) is 4.79 Å². The molecule has 4 rings (SSSR count). The lowest BCUT2D eigenvalue weighted by Crippen LogP contribution is -2.53.